The van der Waals surface area contributed by atoms with Crippen LogP contribution in [0, 0.1) is 5.41 Å². The second kappa shape index (κ2) is 4.44. The smallest absolute Gasteiger partial charge is 0.302 e. The van der Waals surface area contributed by atoms with E-state index >= 15 is 0 Å². The highest BCUT2D eigenvalue weighted by atomic mass is 16.6. The van der Waals surface area contributed by atoms with Gasteiger partial charge in [-0.2, -0.15) is 0 Å². The number of nitrogens with zero attached hydrogens (tertiary/aromatic N) is 1. The van der Waals surface area contributed by atoms with Crippen molar-refractivity contribution in [2.24, 2.45) is 10.6 Å². The molecular weight excluding hydrogens is 182 g/mol. The van der Waals surface area contributed by atoms with E-state index in [2.05, 4.69) is 12.1 Å². The van der Waals surface area contributed by atoms with E-state index in [0.717, 1.165) is 25.0 Å². The van der Waals surface area contributed by atoms with Crippen LogP contribution in [0.5, 0.6) is 0 Å². The van der Waals surface area contributed by atoms with E-state index in [-0.39, 0.29) is 11.4 Å². The van der Waals surface area contributed by atoms with Crippen molar-refractivity contribution in [2.75, 3.05) is 13.7 Å². The fourth-order valence-electron chi connectivity index (χ4n) is 1.77. The number of ether oxygens (including phenoxy) is 1. The van der Waals surface area contributed by atoms with Crippen molar-refractivity contribution in [2.45, 2.75) is 33.1 Å². The van der Waals surface area contributed by atoms with Crippen molar-refractivity contribution in [3.05, 3.63) is 0 Å². The third kappa shape index (κ3) is 2.47. The van der Waals surface area contributed by atoms with Crippen molar-refractivity contribution in [1.82, 2.24) is 0 Å². The van der Waals surface area contributed by atoms with Gasteiger partial charge in [-0.3, -0.25) is 4.79 Å². The van der Waals surface area contributed by atoms with E-state index in [1.807, 2.05) is 0 Å². The minimum Gasteiger partial charge on any atom is -0.465 e. The zero-order valence-electron chi connectivity index (χ0n) is 9.00. The number of carbonyl (C=O) groups excluding carboxylic acids is 1. The number of oxime groups is 1. The first kappa shape index (κ1) is 11.0. The molecule has 1 unspecified atom stereocenters. The van der Waals surface area contributed by atoms with Crippen LogP contribution in [0.3, 0.4) is 0 Å². The molecule has 0 spiro atoms. The van der Waals surface area contributed by atoms with Crippen LogP contribution in [0.25, 0.3) is 0 Å². The predicted octanol–water partition coefficient (Wildman–Crippen LogP) is 1.74. The molecule has 1 rings (SSSR count). The van der Waals surface area contributed by atoms with Gasteiger partial charge >= 0.3 is 5.97 Å². The Morgan fingerprint density at radius 1 is 1.64 bits per heavy atom. The summed E-state index contributed by atoms with van der Waals surface area (Å²) in [5.74, 6) is -0.241. The lowest BCUT2D eigenvalue weighted by molar-refractivity contribution is -0.143. The zero-order chi connectivity index (χ0) is 10.6. The fourth-order valence-corrected chi connectivity index (χ4v) is 1.77. The molecule has 4 heteroatoms. The summed E-state index contributed by atoms with van der Waals surface area (Å²) in [6, 6.07) is 0. The number of rotatable bonds is 3. The van der Waals surface area contributed by atoms with Gasteiger partial charge in [0.25, 0.3) is 0 Å². The van der Waals surface area contributed by atoms with Gasteiger partial charge in [-0.05, 0) is 19.3 Å². The Labute approximate surface area is 84.3 Å². The molecule has 0 amide bonds. The molecule has 4 nitrogen and oxygen atoms in total. The molecule has 0 heterocycles. The summed E-state index contributed by atoms with van der Waals surface area (Å²) in [6.07, 6.45) is 3.02. The summed E-state index contributed by atoms with van der Waals surface area (Å²) in [6.45, 7) is 3.89. The molecule has 0 bridgehead atoms. The van der Waals surface area contributed by atoms with Crippen molar-refractivity contribution >= 4 is 11.7 Å². The van der Waals surface area contributed by atoms with E-state index in [1.165, 1.54) is 14.0 Å². The van der Waals surface area contributed by atoms with Crippen LogP contribution in [0.1, 0.15) is 33.1 Å². The maximum absolute atomic E-state index is 10.7. The monoisotopic (exact) mass is 199 g/mol. The van der Waals surface area contributed by atoms with E-state index in [1.54, 1.807) is 0 Å². The highest BCUT2D eigenvalue weighted by Gasteiger charge is 2.37. The number of hydrogen-bond donors (Lipinski definition) is 0. The minimum atomic E-state index is -0.241. The van der Waals surface area contributed by atoms with E-state index < -0.39 is 0 Å². The molecule has 0 aliphatic heterocycles. The van der Waals surface area contributed by atoms with Gasteiger partial charge in [0, 0.05) is 12.3 Å². The van der Waals surface area contributed by atoms with Crippen molar-refractivity contribution < 1.29 is 14.4 Å². The number of hydrogen-bond acceptors (Lipinski definition) is 4. The third-order valence-corrected chi connectivity index (χ3v) is 2.63. The van der Waals surface area contributed by atoms with E-state index in [4.69, 9.17) is 9.57 Å². The van der Waals surface area contributed by atoms with Crippen LogP contribution < -0.4 is 0 Å². The summed E-state index contributed by atoms with van der Waals surface area (Å²) in [4.78, 5) is 15.5. The molecule has 1 atom stereocenters. The Morgan fingerprint density at radius 3 is 2.93 bits per heavy atom. The summed E-state index contributed by atoms with van der Waals surface area (Å²) in [7, 11) is 1.54. The summed E-state index contributed by atoms with van der Waals surface area (Å²) in [5, 5.41) is 3.98. The molecule has 0 aromatic carbocycles. The molecule has 1 saturated carbocycles. The van der Waals surface area contributed by atoms with Gasteiger partial charge in [-0.1, -0.05) is 12.1 Å². The zero-order valence-corrected chi connectivity index (χ0v) is 9.00. The minimum absolute atomic E-state index is 0.123. The van der Waals surface area contributed by atoms with E-state index in [9.17, 15) is 4.79 Å². The molecule has 0 N–H and O–H groups in total. The lowest BCUT2D eigenvalue weighted by Gasteiger charge is -2.23. The van der Waals surface area contributed by atoms with Gasteiger partial charge < -0.3 is 9.57 Å². The number of esters is 1. The molecule has 80 valence electrons. The Balaban J connectivity index is 2.62. The van der Waals surface area contributed by atoms with Gasteiger partial charge in [0.05, 0.1) is 5.71 Å². The topological polar surface area (TPSA) is 47.9 Å². The molecule has 1 aliphatic rings. The summed E-state index contributed by atoms with van der Waals surface area (Å²) in [5.41, 5.74) is 0.878. The second-order valence-electron chi connectivity index (χ2n) is 3.92. The third-order valence-electron chi connectivity index (χ3n) is 2.63. The Bertz CT molecular complexity index is 250. The highest BCUT2D eigenvalue weighted by Crippen LogP contribution is 2.35. The van der Waals surface area contributed by atoms with Crippen LogP contribution in [-0.2, 0) is 14.4 Å². The first-order valence-corrected chi connectivity index (χ1v) is 4.82. The molecular formula is C10H17NO3. The maximum Gasteiger partial charge on any atom is 0.302 e. The summed E-state index contributed by atoms with van der Waals surface area (Å²) >= 11 is 0. The normalized spacial score (nSPS) is 29.2. The van der Waals surface area contributed by atoms with Crippen molar-refractivity contribution in [3.8, 4) is 0 Å². The van der Waals surface area contributed by atoms with Gasteiger partial charge in [0.2, 0.25) is 0 Å². The molecule has 0 aromatic rings. The Kier molecular flexibility index (Phi) is 3.49. The lowest BCUT2D eigenvalue weighted by Crippen LogP contribution is -2.29. The van der Waals surface area contributed by atoms with Crippen LogP contribution in [-0.4, -0.2) is 25.4 Å². The van der Waals surface area contributed by atoms with Crippen LogP contribution in [0.2, 0.25) is 0 Å². The van der Waals surface area contributed by atoms with Crippen molar-refractivity contribution in [1.29, 1.82) is 0 Å². The van der Waals surface area contributed by atoms with Crippen LogP contribution in [0.15, 0.2) is 5.16 Å². The second-order valence-corrected chi connectivity index (χ2v) is 3.92. The maximum atomic E-state index is 10.7. The molecule has 0 radical (unpaired) electrons. The first-order valence-electron chi connectivity index (χ1n) is 4.82. The average molecular weight is 199 g/mol. The van der Waals surface area contributed by atoms with Crippen molar-refractivity contribution in [3.63, 3.8) is 0 Å². The average Bonchev–Trinajstić information content (AvgIpc) is 2.47. The van der Waals surface area contributed by atoms with Gasteiger partial charge in [-0.25, -0.2) is 0 Å². The largest absolute Gasteiger partial charge is 0.465 e. The van der Waals surface area contributed by atoms with E-state index in [0.29, 0.717) is 6.61 Å². The predicted molar refractivity (Wildman–Crippen MR) is 53.0 cm³/mol. The SMILES string of the molecule is CON=C1CCCC1(C)COC(C)=O. The lowest BCUT2D eigenvalue weighted by atomic mass is 9.88. The number of carbonyl (C=O) groups is 1. The Hall–Kier alpha value is -1.06. The molecule has 14 heavy (non-hydrogen) atoms. The van der Waals surface area contributed by atoms with Gasteiger partial charge in [0.1, 0.15) is 13.7 Å². The van der Waals surface area contributed by atoms with Crippen LogP contribution >= 0.6 is 0 Å². The molecule has 0 saturated heterocycles. The highest BCUT2D eigenvalue weighted by molar-refractivity contribution is 5.91. The fraction of sp³-hybridized carbons (Fsp3) is 0.800. The molecule has 0 aromatic heterocycles. The molecule has 1 fully saturated rings. The molecule has 1 aliphatic carbocycles. The summed E-state index contributed by atoms with van der Waals surface area (Å²) < 4.78 is 5.03. The quantitative estimate of drug-likeness (QED) is 0.514. The first-order chi connectivity index (χ1) is 6.58. The van der Waals surface area contributed by atoms with Gasteiger partial charge in [0.15, 0.2) is 0 Å². The Morgan fingerprint density at radius 2 is 2.36 bits per heavy atom. The van der Waals surface area contributed by atoms with Crippen LogP contribution in [0.4, 0.5) is 0 Å². The standard InChI is InChI=1S/C10H17NO3/c1-8(12)14-7-10(2)6-4-5-9(10)11-13-3/h4-7H2,1-3H3. The van der Waals surface area contributed by atoms with Gasteiger partial charge in [-0.15, -0.1) is 0 Å².